The van der Waals surface area contributed by atoms with E-state index in [0.29, 0.717) is 6.04 Å². The predicted molar refractivity (Wildman–Crippen MR) is 86.7 cm³/mol. The van der Waals surface area contributed by atoms with Gasteiger partial charge in [-0.25, -0.2) is 0 Å². The molecule has 1 aromatic rings. The summed E-state index contributed by atoms with van der Waals surface area (Å²) >= 11 is 0. The fourth-order valence-electron chi connectivity index (χ4n) is 3.58. The molecule has 1 aliphatic carbocycles. The number of hydrogen-bond acceptors (Lipinski definition) is 3. The van der Waals surface area contributed by atoms with Gasteiger partial charge in [-0.3, -0.25) is 4.90 Å². The Hall–Kier alpha value is -1.06. The maximum absolute atomic E-state index is 5.57. The van der Waals surface area contributed by atoms with Gasteiger partial charge < -0.3 is 10.1 Å². The van der Waals surface area contributed by atoms with Gasteiger partial charge in [0.05, 0.1) is 7.11 Å². The number of benzene rings is 1. The van der Waals surface area contributed by atoms with Crippen molar-refractivity contribution >= 4 is 0 Å². The van der Waals surface area contributed by atoms with E-state index < -0.39 is 0 Å². The number of para-hydroxylation sites is 1. The lowest BCUT2D eigenvalue weighted by Gasteiger charge is -2.35. The maximum atomic E-state index is 5.57. The molecule has 3 heteroatoms. The number of nitrogens with one attached hydrogen (secondary N) is 1. The summed E-state index contributed by atoms with van der Waals surface area (Å²) in [5.41, 5.74) is 1.33. The zero-order valence-electron chi connectivity index (χ0n) is 13.3. The molecule has 1 saturated heterocycles. The van der Waals surface area contributed by atoms with Gasteiger partial charge in [0.25, 0.3) is 0 Å². The van der Waals surface area contributed by atoms with Crippen LogP contribution >= 0.6 is 0 Å². The summed E-state index contributed by atoms with van der Waals surface area (Å²) in [4.78, 5) is 2.73. The minimum absolute atomic E-state index is 0.448. The van der Waals surface area contributed by atoms with Crippen molar-refractivity contribution < 1.29 is 4.74 Å². The van der Waals surface area contributed by atoms with Crippen LogP contribution in [0.2, 0.25) is 0 Å². The van der Waals surface area contributed by atoms with Gasteiger partial charge in [-0.05, 0) is 57.7 Å². The summed E-state index contributed by atoms with van der Waals surface area (Å²) in [5, 5.41) is 3.47. The van der Waals surface area contributed by atoms with E-state index in [-0.39, 0.29) is 0 Å². The molecule has 1 unspecified atom stereocenters. The zero-order chi connectivity index (χ0) is 14.7. The van der Waals surface area contributed by atoms with Gasteiger partial charge in [-0.15, -0.1) is 0 Å². The molecule has 0 aromatic heterocycles. The smallest absolute Gasteiger partial charge is 0.123 e. The molecule has 2 fully saturated rings. The van der Waals surface area contributed by atoms with Crippen LogP contribution in [-0.4, -0.2) is 37.7 Å². The molecule has 0 spiro atoms. The first kappa shape index (κ1) is 14.9. The largest absolute Gasteiger partial charge is 0.496 e. The highest BCUT2D eigenvalue weighted by Crippen LogP contribution is 2.38. The van der Waals surface area contributed by atoms with Crippen LogP contribution in [0.1, 0.15) is 44.2 Å². The molecule has 0 amide bonds. The molecule has 116 valence electrons. The zero-order valence-corrected chi connectivity index (χ0v) is 13.3. The van der Waals surface area contributed by atoms with Crippen LogP contribution < -0.4 is 10.1 Å². The summed E-state index contributed by atoms with van der Waals surface area (Å²) in [6.07, 6.45) is 5.37. The van der Waals surface area contributed by atoms with Gasteiger partial charge in [0.15, 0.2) is 0 Å². The van der Waals surface area contributed by atoms with Gasteiger partial charge in [0.1, 0.15) is 5.75 Å². The number of nitrogens with zero attached hydrogens (tertiary/aromatic N) is 1. The SMILES string of the molecule is COc1ccccc1C(C)N(CC1CCNCC1)C1CC1. The molecule has 1 N–H and O–H groups in total. The van der Waals surface area contributed by atoms with Crippen LogP contribution in [0.3, 0.4) is 0 Å². The first-order valence-corrected chi connectivity index (χ1v) is 8.39. The molecule has 0 radical (unpaired) electrons. The van der Waals surface area contributed by atoms with Crippen molar-refractivity contribution in [3.8, 4) is 5.75 Å². The van der Waals surface area contributed by atoms with Crippen LogP contribution in [0.15, 0.2) is 24.3 Å². The maximum Gasteiger partial charge on any atom is 0.123 e. The van der Waals surface area contributed by atoms with E-state index in [2.05, 4.69) is 41.4 Å². The standard InChI is InChI=1S/C18H28N2O/c1-14(17-5-3-4-6-18(17)21-2)20(16-7-8-16)13-15-9-11-19-12-10-15/h3-6,14-16,19H,7-13H2,1-2H3. The van der Waals surface area contributed by atoms with Crippen LogP contribution in [-0.2, 0) is 0 Å². The number of hydrogen-bond donors (Lipinski definition) is 1. The molecule has 1 aromatic carbocycles. The Labute approximate surface area is 128 Å². The molecule has 1 saturated carbocycles. The van der Waals surface area contributed by atoms with E-state index in [9.17, 15) is 0 Å². The van der Waals surface area contributed by atoms with Crippen LogP contribution in [0, 0.1) is 5.92 Å². The average molecular weight is 288 g/mol. The molecule has 1 atom stereocenters. The van der Waals surface area contributed by atoms with E-state index in [1.54, 1.807) is 7.11 Å². The molecule has 21 heavy (non-hydrogen) atoms. The van der Waals surface area contributed by atoms with E-state index in [4.69, 9.17) is 4.74 Å². The second-order valence-electron chi connectivity index (χ2n) is 6.54. The fraction of sp³-hybridized carbons (Fsp3) is 0.667. The Morgan fingerprint density at radius 1 is 1.19 bits per heavy atom. The van der Waals surface area contributed by atoms with Crippen molar-refractivity contribution in [2.75, 3.05) is 26.7 Å². The first-order valence-electron chi connectivity index (χ1n) is 8.39. The van der Waals surface area contributed by atoms with Gasteiger partial charge in [0, 0.05) is 24.2 Å². The Morgan fingerprint density at radius 3 is 2.57 bits per heavy atom. The van der Waals surface area contributed by atoms with Gasteiger partial charge >= 0.3 is 0 Å². The van der Waals surface area contributed by atoms with Gasteiger partial charge in [-0.1, -0.05) is 18.2 Å². The minimum Gasteiger partial charge on any atom is -0.496 e. The van der Waals surface area contributed by atoms with Crippen molar-refractivity contribution in [1.29, 1.82) is 0 Å². The highest BCUT2D eigenvalue weighted by atomic mass is 16.5. The van der Waals surface area contributed by atoms with Crippen molar-refractivity contribution in [3.05, 3.63) is 29.8 Å². The average Bonchev–Trinajstić information content (AvgIpc) is 3.37. The number of ether oxygens (including phenoxy) is 1. The minimum atomic E-state index is 0.448. The Balaban J connectivity index is 1.73. The van der Waals surface area contributed by atoms with Crippen LogP contribution in [0.5, 0.6) is 5.75 Å². The van der Waals surface area contributed by atoms with Crippen molar-refractivity contribution in [3.63, 3.8) is 0 Å². The number of rotatable bonds is 6. The van der Waals surface area contributed by atoms with E-state index >= 15 is 0 Å². The van der Waals surface area contributed by atoms with Crippen molar-refractivity contribution in [2.45, 2.75) is 44.7 Å². The lowest BCUT2D eigenvalue weighted by Crippen LogP contribution is -2.38. The Bertz CT molecular complexity index is 452. The van der Waals surface area contributed by atoms with Crippen molar-refractivity contribution in [2.24, 2.45) is 5.92 Å². The second kappa shape index (κ2) is 6.80. The lowest BCUT2D eigenvalue weighted by molar-refractivity contribution is 0.150. The van der Waals surface area contributed by atoms with Crippen LogP contribution in [0.25, 0.3) is 0 Å². The lowest BCUT2D eigenvalue weighted by atomic mass is 9.95. The highest BCUT2D eigenvalue weighted by molar-refractivity contribution is 5.35. The summed E-state index contributed by atoms with van der Waals surface area (Å²) < 4.78 is 5.57. The normalized spacial score (nSPS) is 21.5. The molecule has 3 rings (SSSR count). The topological polar surface area (TPSA) is 24.5 Å². The highest BCUT2D eigenvalue weighted by Gasteiger charge is 2.35. The van der Waals surface area contributed by atoms with Crippen LogP contribution in [0.4, 0.5) is 0 Å². The predicted octanol–water partition coefficient (Wildman–Crippen LogP) is 3.22. The molecule has 1 aliphatic heterocycles. The molecular formula is C18H28N2O. The molecule has 3 nitrogen and oxygen atoms in total. The summed E-state index contributed by atoms with van der Waals surface area (Å²) in [6, 6.07) is 9.74. The third-order valence-corrected chi connectivity index (χ3v) is 5.03. The molecule has 0 bridgehead atoms. The number of methoxy groups -OCH3 is 1. The Kier molecular flexibility index (Phi) is 4.81. The monoisotopic (exact) mass is 288 g/mol. The third kappa shape index (κ3) is 3.58. The van der Waals surface area contributed by atoms with Crippen molar-refractivity contribution in [1.82, 2.24) is 10.2 Å². The second-order valence-corrected chi connectivity index (χ2v) is 6.54. The van der Waals surface area contributed by atoms with Gasteiger partial charge in [0.2, 0.25) is 0 Å². The van der Waals surface area contributed by atoms with E-state index in [0.717, 1.165) is 17.7 Å². The quantitative estimate of drug-likeness (QED) is 0.870. The molecule has 2 aliphatic rings. The summed E-state index contributed by atoms with van der Waals surface area (Å²) in [5.74, 6) is 1.88. The van der Waals surface area contributed by atoms with Gasteiger partial charge in [-0.2, -0.15) is 0 Å². The summed E-state index contributed by atoms with van der Waals surface area (Å²) in [7, 11) is 1.78. The van der Waals surface area contributed by atoms with E-state index in [1.165, 1.54) is 50.9 Å². The third-order valence-electron chi connectivity index (χ3n) is 5.03. The molecular weight excluding hydrogens is 260 g/mol. The molecule has 1 heterocycles. The summed E-state index contributed by atoms with van der Waals surface area (Å²) in [6.45, 7) is 5.96. The Morgan fingerprint density at radius 2 is 1.90 bits per heavy atom. The fourth-order valence-corrected chi connectivity index (χ4v) is 3.58. The van der Waals surface area contributed by atoms with E-state index in [1.807, 2.05) is 0 Å². The number of piperidine rings is 1. The first-order chi connectivity index (χ1) is 10.3.